The highest BCUT2D eigenvalue weighted by atomic mass is 16.7. The van der Waals surface area contributed by atoms with Crippen LogP contribution in [-0.2, 0) is 23.8 Å². The first-order valence-electron chi connectivity index (χ1n) is 10.9. The van der Waals surface area contributed by atoms with E-state index >= 15 is 0 Å². The third-order valence-corrected chi connectivity index (χ3v) is 4.84. The van der Waals surface area contributed by atoms with Crippen LogP contribution in [0.25, 0.3) is 0 Å². The third kappa shape index (κ3) is 8.11. The number of ketones is 1. The first-order valence-corrected chi connectivity index (χ1v) is 10.9. The first-order chi connectivity index (χ1) is 15.2. The number of carbonyl (C=O) groups excluding carboxylic acids is 3. The van der Waals surface area contributed by atoms with Gasteiger partial charge in [-0.3, -0.25) is 14.4 Å². The van der Waals surface area contributed by atoms with Gasteiger partial charge in [0, 0.05) is 25.3 Å². The number of methoxy groups -OCH3 is 1. The Kier molecular flexibility index (Phi) is 9.90. The summed E-state index contributed by atoms with van der Waals surface area (Å²) < 4.78 is 26.7. The molecule has 0 spiro atoms. The van der Waals surface area contributed by atoms with Crippen LogP contribution >= 0.6 is 0 Å². The molecule has 1 aromatic heterocycles. The van der Waals surface area contributed by atoms with Gasteiger partial charge in [-0.25, -0.2) is 4.98 Å². The van der Waals surface area contributed by atoms with Gasteiger partial charge in [0.25, 0.3) is 0 Å². The molecule has 1 fully saturated rings. The quantitative estimate of drug-likeness (QED) is 0.239. The lowest BCUT2D eigenvalue weighted by molar-refractivity contribution is -0.155. The first kappa shape index (κ1) is 25.6. The normalized spacial score (nSPS) is 15.1. The molecular formula is C23H33NO8. The van der Waals surface area contributed by atoms with Crippen molar-refractivity contribution in [3.8, 4) is 11.5 Å². The molecule has 1 aliphatic carbocycles. The summed E-state index contributed by atoms with van der Waals surface area (Å²) >= 11 is 0. The molecule has 1 saturated carbocycles. The predicted octanol–water partition coefficient (Wildman–Crippen LogP) is 3.19. The van der Waals surface area contributed by atoms with Crippen molar-refractivity contribution in [2.24, 2.45) is 17.8 Å². The lowest BCUT2D eigenvalue weighted by Gasteiger charge is -2.17. The van der Waals surface area contributed by atoms with Gasteiger partial charge in [0.05, 0.1) is 25.6 Å². The molecule has 0 N–H and O–H groups in total. The average molecular weight is 452 g/mol. The molecule has 0 aliphatic heterocycles. The molecule has 9 nitrogen and oxygen atoms in total. The molecule has 1 heterocycles. The molecule has 1 aromatic rings. The van der Waals surface area contributed by atoms with Gasteiger partial charge in [-0.2, -0.15) is 0 Å². The van der Waals surface area contributed by atoms with Crippen molar-refractivity contribution in [1.29, 1.82) is 0 Å². The zero-order valence-corrected chi connectivity index (χ0v) is 19.4. The Labute approximate surface area is 188 Å². The number of carbonyl (C=O) groups is 3. The fourth-order valence-electron chi connectivity index (χ4n) is 2.73. The highest BCUT2D eigenvalue weighted by Gasteiger charge is 2.26. The number of aromatic nitrogens is 1. The topological polar surface area (TPSA) is 110 Å². The maximum atomic E-state index is 12.9. The minimum Gasteiger partial charge on any atom is -0.493 e. The van der Waals surface area contributed by atoms with Gasteiger partial charge < -0.3 is 23.7 Å². The standard InChI is InChI=1S/C23H33NO8/c1-14(2)22(26)31-13-30-21-19(28-5)8-9-24-20(21)18(25)10-15(3)23(27)32-16(4)11-29-12-17-6-7-17/h8-9,14-17H,6-7,10-13H2,1-5H3/t15-,16+/m1/s1. The van der Waals surface area contributed by atoms with E-state index in [2.05, 4.69) is 4.98 Å². The smallest absolute Gasteiger partial charge is 0.311 e. The van der Waals surface area contributed by atoms with E-state index in [0.29, 0.717) is 19.1 Å². The van der Waals surface area contributed by atoms with Crippen molar-refractivity contribution in [3.63, 3.8) is 0 Å². The van der Waals surface area contributed by atoms with E-state index in [1.54, 1.807) is 27.7 Å². The summed E-state index contributed by atoms with van der Waals surface area (Å²) in [6, 6.07) is 1.53. The molecule has 2 atom stereocenters. The van der Waals surface area contributed by atoms with Crippen molar-refractivity contribution < 1.29 is 38.1 Å². The molecule has 0 bridgehead atoms. The maximum Gasteiger partial charge on any atom is 0.311 e. The van der Waals surface area contributed by atoms with Gasteiger partial charge in [0.2, 0.25) is 6.79 Å². The minimum atomic E-state index is -0.687. The summed E-state index contributed by atoms with van der Waals surface area (Å²) in [6.07, 6.45) is 3.26. The Bertz CT molecular complexity index is 790. The molecule has 0 saturated heterocycles. The zero-order chi connectivity index (χ0) is 23.7. The van der Waals surface area contributed by atoms with Crippen molar-refractivity contribution in [3.05, 3.63) is 18.0 Å². The Balaban J connectivity index is 1.93. The van der Waals surface area contributed by atoms with E-state index < -0.39 is 36.5 Å². The number of hydrogen-bond acceptors (Lipinski definition) is 9. The fourth-order valence-corrected chi connectivity index (χ4v) is 2.73. The van der Waals surface area contributed by atoms with Crippen LogP contribution in [0.2, 0.25) is 0 Å². The van der Waals surface area contributed by atoms with Crippen LogP contribution in [0.3, 0.4) is 0 Å². The van der Waals surface area contributed by atoms with Gasteiger partial charge in [-0.1, -0.05) is 20.8 Å². The monoisotopic (exact) mass is 451 g/mol. The van der Waals surface area contributed by atoms with E-state index in [1.807, 2.05) is 0 Å². The molecule has 32 heavy (non-hydrogen) atoms. The van der Waals surface area contributed by atoms with E-state index in [1.165, 1.54) is 32.2 Å². The van der Waals surface area contributed by atoms with Crippen molar-refractivity contribution >= 4 is 17.7 Å². The maximum absolute atomic E-state index is 12.9. The molecule has 178 valence electrons. The highest BCUT2D eigenvalue weighted by Crippen LogP contribution is 2.31. The molecule has 1 aliphatic rings. The Hall–Kier alpha value is -2.68. The average Bonchev–Trinajstić information content (AvgIpc) is 3.57. The predicted molar refractivity (Wildman–Crippen MR) is 114 cm³/mol. The molecule has 2 rings (SSSR count). The summed E-state index contributed by atoms with van der Waals surface area (Å²) in [5, 5.41) is 0. The SMILES string of the molecule is COc1ccnc(C(=O)C[C@@H](C)C(=O)O[C@@H](C)COCC2CC2)c1OCOC(=O)C(C)C. The molecule has 0 aromatic carbocycles. The Morgan fingerprint density at radius 2 is 1.84 bits per heavy atom. The lowest BCUT2D eigenvalue weighted by atomic mass is 10.0. The van der Waals surface area contributed by atoms with Crippen LogP contribution in [0.1, 0.15) is 57.4 Å². The number of rotatable bonds is 14. The molecule has 0 amide bonds. The van der Waals surface area contributed by atoms with Crippen LogP contribution in [0, 0.1) is 17.8 Å². The van der Waals surface area contributed by atoms with E-state index in [0.717, 1.165) is 0 Å². The Morgan fingerprint density at radius 1 is 1.12 bits per heavy atom. The fraction of sp³-hybridized carbons (Fsp3) is 0.652. The molecule has 0 radical (unpaired) electrons. The summed E-state index contributed by atoms with van der Waals surface area (Å²) in [5.41, 5.74) is -0.00888. The minimum absolute atomic E-state index is 0.00888. The largest absolute Gasteiger partial charge is 0.493 e. The van der Waals surface area contributed by atoms with Crippen molar-refractivity contribution in [1.82, 2.24) is 4.98 Å². The Morgan fingerprint density at radius 3 is 2.47 bits per heavy atom. The highest BCUT2D eigenvalue weighted by molar-refractivity contribution is 5.99. The van der Waals surface area contributed by atoms with Crippen LogP contribution in [0.4, 0.5) is 0 Å². The molecular weight excluding hydrogens is 418 g/mol. The van der Waals surface area contributed by atoms with E-state index in [-0.39, 0.29) is 29.5 Å². The number of nitrogens with zero attached hydrogens (tertiary/aromatic N) is 1. The van der Waals surface area contributed by atoms with Crippen molar-refractivity contribution in [2.45, 2.75) is 53.1 Å². The second kappa shape index (κ2) is 12.4. The van der Waals surface area contributed by atoms with Crippen LogP contribution < -0.4 is 9.47 Å². The number of Topliss-reactive ketones (excluding diaryl/α,β-unsaturated/α-hetero) is 1. The van der Waals surface area contributed by atoms with Crippen LogP contribution in [0.5, 0.6) is 11.5 Å². The molecule has 0 unspecified atom stereocenters. The van der Waals surface area contributed by atoms with Gasteiger partial charge >= 0.3 is 11.9 Å². The van der Waals surface area contributed by atoms with Gasteiger partial charge in [-0.15, -0.1) is 0 Å². The number of hydrogen-bond donors (Lipinski definition) is 0. The summed E-state index contributed by atoms with van der Waals surface area (Å²) in [5.74, 6) is -1.40. The second-order valence-electron chi connectivity index (χ2n) is 8.33. The van der Waals surface area contributed by atoms with Gasteiger partial charge in [0.1, 0.15) is 6.10 Å². The van der Waals surface area contributed by atoms with Crippen LogP contribution in [-0.4, -0.2) is 55.9 Å². The summed E-state index contributed by atoms with van der Waals surface area (Å²) in [6.45, 7) is 7.39. The number of esters is 2. The van der Waals surface area contributed by atoms with Gasteiger partial charge in [0.15, 0.2) is 23.0 Å². The zero-order valence-electron chi connectivity index (χ0n) is 19.4. The summed E-state index contributed by atoms with van der Waals surface area (Å²) in [7, 11) is 1.42. The van der Waals surface area contributed by atoms with E-state index in [4.69, 9.17) is 23.7 Å². The third-order valence-electron chi connectivity index (χ3n) is 4.84. The van der Waals surface area contributed by atoms with E-state index in [9.17, 15) is 14.4 Å². The number of ether oxygens (including phenoxy) is 5. The lowest BCUT2D eigenvalue weighted by Crippen LogP contribution is -2.26. The summed E-state index contributed by atoms with van der Waals surface area (Å²) in [4.78, 5) is 41.0. The molecule has 9 heteroatoms. The number of pyridine rings is 1. The van der Waals surface area contributed by atoms with Crippen molar-refractivity contribution in [2.75, 3.05) is 27.1 Å². The van der Waals surface area contributed by atoms with Crippen LogP contribution in [0.15, 0.2) is 12.3 Å². The second-order valence-corrected chi connectivity index (χ2v) is 8.33. The van der Waals surface area contributed by atoms with Gasteiger partial charge in [-0.05, 0) is 25.7 Å².